The highest BCUT2D eigenvalue weighted by atomic mass is 16.5. The Balaban J connectivity index is 2.10. The third kappa shape index (κ3) is 1.91. The monoisotopic (exact) mass is 268 g/mol. The van der Waals surface area contributed by atoms with Gasteiger partial charge in [0.25, 0.3) is 0 Å². The summed E-state index contributed by atoms with van der Waals surface area (Å²) in [6.07, 6.45) is 5.79. The smallest absolute Gasteiger partial charge is 0.159 e. The lowest BCUT2D eigenvalue weighted by atomic mass is 9.85. The van der Waals surface area contributed by atoms with Crippen LogP contribution >= 0.6 is 0 Å². The van der Waals surface area contributed by atoms with Crippen LogP contribution < -0.4 is 4.74 Å². The first-order chi connectivity index (χ1) is 9.63. The van der Waals surface area contributed by atoms with Gasteiger partial charge in [-0.25, -0.2) is 0 Å². The Kier molecular flexibility index (Phi) is 3.25. The molecule has 0 aliphatic heterocycles. The first-order valence-corrected chi connectivity index (χ1v) is 7.23. The molecule has 0 fully saturated rings. The Bertz CT molecular complexity index is 648. The fourth-order valence-electron chi connectivity index (χ4n) is 3.36. The normalized spacial score (nSPS) is 18.1. The van der Waals surface area contributed by atoms with Crippen molar-refractivity contribution in [3.8, 4) is 5.75 Å². The van der Waals surface area contributed by atoms with Crippen LogP contribution in [0.2, 0.25) is 0 Å². The van der Waals surface area contributed by atoms with Gasteiger partial charge in [0.2, 0.25) is 0 Å². The topological polar surface area (TPSA) is 26.3 Å². The molecule has 0 heterocycles. The molecule has 2 heteroatoms. The average molecular weight is 268 g/mol. The summed E-state index contributed by atoms with van der Waals surface area (Å²) >= 11 is 0. The minimum atomic E-state index is 0.355. The maximum atomic E-state index is 11.9. The second kappa shape index (κ2) is 4.93. The van der Waals surface area contributed by atoms with E-state index in [0.29, 0.717) is 12.2 Å². The van der Waals surface area contributed by atoms with Gasteiger partial charge in [0.15, 0.2) is 5.78 Å². The summed E-state index contributed by atoms with van der Waals surface area (Å²) in [5.41, 5.74) is 7.33. The van der Waals surface area contributed by atoms with Crippen LogP contribution in [0, 0.1) is 13.8 Å². The molecule has 2 aliphatic rings. The number of hydrogen-bond donors (Lipinski definition) is 0. The highest BCUT2D eigenvalue weighted by Crippen LogP contribution is 2.42. The molecule has 0 aromatic heterocycles. The van der Waals surface area contributed by atoms with Crippen molar-refractivity contribution in [3.63, 3.8) is 0 Å². The SMILES string of the molecule is COc1ccc(C2=CCCC3=C2CCC3=O)c(C)c1C. The molecule has 0 saturated heterocycles. The Hall–Kier alpha value is -1.83. The Morgan fingerprint density at radius 1 is 1.00 bits per heavy atom. The number of carbonyl (C=O) groups is 1. The number of ketones is 1. The number of methoxy groups -OCH3 is 1. The van der Waals surface area contributed by atoms with E-state index in [1.807, 2.05) is 6.07 Å². The van der Waals surface area contributed by atoms with Gasteiger partial charge in [-0.1, -0.05) is 12.1 Å². The molecular weight excluding hydrogens is 248 g/mol. The minimum absolute atomic E-state index is 0.355. The average Bonchev–Trinajstić information content (AvgIpc) is 2.84. The van der Waals surface area contributed by atoms with Crippen molar-refractivity contribution in [1.29, 1.82) is 0 Å². The number of allylic oxidation sites excluding steroid dienone is 4. The molecular formula is C18H20O2. The molecule has 0 amide bonds. The second-order valence-corrected chi connectivity index (χ2v) is 5.60. The molecule has 0 unspecified atom stereocenters. The van der Waals surface area contributed by atoms with Gasteiger partial charge in [0.05, 0.1) is 7.11 Å². The summed E-state index contributed by atoms with van der Waals surface area (Å²) in [6, 6.07) is 4.16. The van der Waals surface area contributed by atoms with E-state index in [4.69, 9.17) is 4.74 Å². The van der Waals surface area contributed by atoms with Crippen LogP contribution in [-0.2, 0) is 4.79 Å². The highest BCUT2D eigenvalue weighted by molar-refractivity contribution is 6.04. The van der Waals surface area contributed by atoms with Crippen LogP contribution in [0.1, 0.15) is 42.4 Å². The van der Waals surface area contributed by atoms with E-state index in [1.54, 1.807) is 7.11 Å². The van der Waals surface area contributed by atoms with Crippen LogP contribution in [0.4, 0.5) is 0 Å². The molecule has 0 saturated carbocycles. The summed E-state index contributed by atoms with van der Waals surface area (Å²) in [6.45, 7) is 4.23. The van der Waals surface area contributed by atoms with Crippen LogP contribution in [0.3, 0.4) is 0 Å². The van der Waals surface area contributed by atoms with Gasteiger partial charge in [0, 0.05) is 6.42 Å². The molecule has 2 aliphatic carbocycles. The first-order valence-electron chi connectivity index (χ1n) is 7.23. The second-order valence-electron chi connectivity index (χ2n) is 5.60. The zero-order chi connectivity index (χ0) is 14.3. The van der Waals surface area contributed by atoms with Gasteiger partial charge < -0.3 is 4.74 Å². The van der Waals surface area contributed by atoms with Gasteiger partial charge in [-0.05, 0) is 72.6 Å². The molecule has 1 aromatic carbocycles. The molecule has 0 bridgehead atoms. The van der Waals surface area contributed by atoms with E-state index in [1.165, 1.54) is 27.8 Å². The third-order valence-corrected chi connectivity index (χ3v) is 4.62. The molecule has 3 rings (SSSR count). The first kappa shape index (κ1) is 13.2. The van der Waals surface area contributed by atoms with Crippen molar-refractivity contribution in [1.82, 2.24) is 0 Å². The molecule has 0 spiro atoms. The van der Waals surface area contributed by atoms with Crippen LogP contribution in [0.15, 0.2) is 29.4 Å². The Morgan fingerprint density at radius 2 is 1.80 bits per heavy atom. The highest BCUT2D eigenvalue weighted by Gasteiger charge is 2.28. The fourth-order valence-corrected chi connectivity index (χ4v) is 3.36. The number of ether oxygens (including phenoxy) is 1. The van der Waals surface area contributed by atoms with E-state index in [0.717, 1.165) is 30.6 Å². The van der Waals surface area contributed by atoms with Crippen molar-refractivity contribution in [2.45, 2.75) is 39.5 Å². The van der Waals surface area contributed by atoms with Crippen LogP contribution in [0.25, 0.3) is 5.57 Å². The maximum Gasteiger partial charge on any atom is 0.159 e. The number of rotatable bonds is 2. The van der Waals surface area contributed by atoms with Crippen LogP contribution in [0.5, 0.6) is 5.75 Å². The lowest BCUT2D eigenvalue weighted by Gasteiger charge is -2.20. The van der Waals surface area contributed by atoms with Crippen molar-refractivity contribution >= 4 is 11.4 Å². The molecule has 1 aromatic rings. The van der Waals surface area contributed by atoms with Gasteiger partial charge in [0.1, 0.15) is 5.75 Å². The predicted molar refractivity (Wildman–Crippen MR) is 80.9 cm³/mol. The van der Waals surface area contributed by atoms with Gasteiger partial charge in [-0.2, -0.15) is 0 Å². The van der Waals surface area contributed by atoms with E-state index in [9.17, 15) is 4.79 Å². The lowest BCUT2D eigenvalue weighted by molar-refractivity contribution is -0.115. The molecule has 0 N–H and O–H groups in total. The Labute approximate surface area is 120 Å². The largest absolute Gasteiger partial charge is 0.496 e. The van der Waals surface area contributed by atoms with E-state index in [-0.39, 0.29) is 0 Å². The molecule has 2 nitrogen and oxygen atoms in total. The van der Waals surface area contributed by atoms with E-state index in [2.05, 4.69) is 26.0 Å². The van der Waals surface area contributed by atoms with E-state index >= 15 is 0 Å². The number of hydrogen-bond acceptors (Lipinski definition) is 2. The van der Waals surface area contributed by atoms with Crippen molar-refractivity contribution < 1.29 is 9.53 Å². The van der Waals surface area contributed by atoms with Crippen LogP contribution in [-0.4, -0.2) is 12.9 Å². The number of Topliss-reactive ketones (excluding diaryl/α,β-unsaturated/α-hetero) is 1. The third-order valence-electron chi connectivity index (χ3n) is 4.62. The number of benzene rings is 1. The van der Waals surface area contributed by atoms with Gasteiger partial charge in [-0.15, -0.1) is 0 Å². The zero-order valence-electron chi connectivity index (χ0n) is 12.4. The molecule has 0 atom stereocenters. The Morgan fingerprint density at radius 3 is 2.55 bits per heavy atom. The summed E-state index contributed by atoms with van der Waals surface area (Å²) in [5.74, 6) is 1.29. The molecule has 20 heavy (non-hydrogen) atoms. The fraction of sp³-hybridized carbons (Fsp3) is 0.389. The lowest BCUT2D eigenvalue weighted by Crippen LogP contribution is -2.03. The minimum Gasteiger partial charge on any atom is -0.496 e. The molecule has 104 valence electrons. The zero-order valence-corrected chi connectivity index (χ0v) is 12.4. The summed E-state index contributed by atoms with van der Waals surface area (Å²) in [4.78, 5) is 11.9. The predicted octanol–water partition coefficient (Wildman–Crippen LogP) is 4.15. The number of carbonyl (C=O) groups excluding carboxylic acids is 1. The maximum absolute atomic E-state index is 11.9. The summed E-state index contributed by atoms with van der Waals surface area (Å²) < 4.78 is 5.39. The van der Waals surface area contributed by atoms with Gasteiger partial charge >= 0.3 is 0 Å². The van der Waals surface area contributed by atoms with Crippen molar-refractivity contribution in [3.05, 3.63) is 46.0 Å². The van der Waals surface area contributed by atoms with Gasteiger partial charge in [-0.3, -0.25) is 4.79 Å². The van der Waals surface area contributed by atoms with Crippen molar-refractivity contribution in [2.24, 2.45) is 0 Å². The quantitative estimate of drug-likeness (QED) is 0.805. The van der Waals surface area contributed by atoms with E-state index < -0.39 is 0 Å². The van der Waals surface area contributed by atoms with Crippen molar-refractivity contribution in [2.75, 3.05) is 7.11 Å². The molecule has 0 radical (unpaired) electrons. The summed E-state index contributed by atoms with van der Waals surface area (Å²) in [7, 11) is 1.71. The summed E-state index contributed by atoms with van der Waals surface area (Å²) in [5, 5.41) is 0. The standard InChI is InChI=1S/C18H20O2/c1-11-12(2)18(20-3)10-8-13(11)14-5-4-6-16-15(14)7-9-17(16)19/h5,8,10H,4,6-7,9H2,1-3H3.